The fourth-order valence-corrected chi connectivity index (χ4v) is 2.55. The lowest BCUT2D eigenvalue weighted by atomic mass is 9.68. The van der Waals surface area contributed by atoms with Gasteiger partial charge in [0.25, 0.3) is 0 Å². The van der Waals surface area contributed by atoms with Crippen molar-refractivity contribution in [1.29, 1.82) is 0 Å². The first kappa shape index (κ1) is 15.0. The number of hydrogen-bond donors (Lipinski definition) is 2. The van der Waals surface area contributed by atoms with Crippen molar-refractivity contribution in [2.75, 3.05) is 7.05 Å². The average molecular weight is 265 g/mol. The smallest absolute Gasteiger partial charge is 0.118 e. The lowest BCUT2D eigenvalue weighted by Crippen LogP contribution is -2.26. The molecule has 0 aromatic rings. The van der Waals surface area contributed by atoms with Crippen molar-refractivity contribution < 1.29 is 5.11 Å². The number of aliphatic hydroxyl groups is 1. The summed E-state index contributed by atoms with van der Waals surface area (Å²) in [6, 6.07) is 0. The number of thiocarbonyl (C=S) groups is 1. The van der Waals surface area contributed by atoms with Crippen LogP contribution in [0.3, 0.4) is 0 Å². The van der Waals surface area contributed by atoms with Crippen LogP contribution in [0.2, 0.25) is 0 Å². The molecule has 100 valence electrons. The molecule has 0 saturated heterocycles. The van der Waals surface area contributed by atoms with Gasteiger partial charge in [-0.1, -0.05) is 43.8 Å². The summed E-state index contributed by atoms with van der Waals surface area (Å²) in [5.74, 6) is 0.577. The molecule has 0 aromatic carbocycles. The maximum Gasteiger partial charge on any atom is 0.118 e. The zero-order valence-electron chi connectivity index (χ0n) is 11.7. The van der Waals surface area contributed by atoms with E-state index >= 15 is 0 Å². The van der Waals surface area contributed by atoms with Crippen molar-refractivity contribution in [2.45, 2.75) is 33.6 Å². The van der Waals surface area contributed by atoms with E-state index in [1.54, 1.807) is 19.2 Å². The highest BCUT2D eigenvalue weighted by atomic mass is 32.1. The second-order valence-electron chi connectivity index (χ2n) is 5.50. The standard InChI is InChI=1S/C15H23NOS/c1-11-6-5-9-15(2,3)13(11)8-7-12(17)10-14(18)16-4/h6-8,10,13,17H,5,9H2,1-4H3,(H,16,18)/b8-7+,12-10-. The van der Waals surface area contributed by atoms with Crippen molar-refractivity contribution in [2.24, 2.45) is 11.3 Å². The van der Waals surface area contributed by atoms with Gasteiger partial charge in [-0.25, -0.2) is 0 Å². The first-order valence-electron chi connectivity index (χ1n) is 6.34. The molecule has 1 aliphatic carbocycles. The van der Waals surface area contributed by atoms with Crippen molar-refractivity contribution in [3.63, 3.8) is 0 Å². The molecule has 0 aromatic heterocycles. The highest BCUT2D eigenvalue weighted by molar-refractivity contribution is 7.80. The molecule has 18 heavy (non-hydrogen) atoms. The van der Waals surface area contributed by atoms with E-state index in [9.17, 15) is 5.11 Å². The Kier molecular flexibility index (Phi) is 5.15. The van der Waals surface area contributed by atoms with E-state index < -0.39 is 0 Å². The topological polar surface area (TPSA) is 32.3 Å². The maximum absolute atomic E-state index is 9.77. The van der Waals surface area contributed by atoms with Gasteiger partial charge in [0.15, 0.2) is 0 Å². The van der Waals surface area contributed by atoms with Crippen molar-refractivity contribution >= 4 is 17.2 Å². The van der Waals surface area contributed by atoms with Crippen LogP contribution in [0.5, 0.6) is 0 Å². The molecule has 0 radical (unpaired) electrons. The second kappa shape index (κ2) is 6.19. The predicted molar refractivity (Wildman–Crippen MR) is 81.8 cm³/mol. The molecule has 0 bridgehead atoms. The van der Waals surface area contributed by atoms with Crippen molar-refractivity contribution in [1.82, 2.24) is 5.32 Å². The van der Waals surface area contributed by atoms with Gasteiger partial charge >= 0.3 is 0 Å². The van der Waals surface area contributed by atoms with Gasteiger partial charge in [0.05, 0.1) is 0 Å². The van der Waals surface area contributed by atoms with Crippen LogP contribution in [0.4, 0.5) is 0 Å². The van der Waals surface area contributed by atoms with E-state index in [4.69, 9.17) is 12.2 Å². The molecule has 0 aliphatic heterocycles. The van der Waals surface area contributed by atoms with Gasteiger partial charge in [-0.2, -0.15) is 0 Å². The summed E-state index contributed by atoms with van der Waals surface area (Å²) in [6.45, 7) is 6.71. The van der Waals surface area contributed by atoms with Crippen LogP contribution in [0.15, 0.2) is 35.6 Å². The minimum Gasteiger partial charge on any atom is -0.508 e. The highest BCUT2D eigenvalue weighted by Crippen LogP contribution is 2.41. The third-order valence-corrected chi connectivity index (χ3v) is 3.89. The summed E-state index contributed by atoms with van der Waals surface area (Å²) >= 11 is 4.98. The lowest BCUT2D eigenvalue weighted by Gasteiger charge is -2.36. The zero-order valence-corrected chi connectivity index (χ0v) is 12.5. The fourth-order valence-electron chi connectivity index (χ4n) is 2.43. The molecule has 0 amide bonds. The van der Waals surface area contributed by atoms with E-state index in [1.807, 2.05) is 0 Å². The molecular weight excluding hydrogens is 242 g/mol. The fraction of sp³-hybridized carbons (Fsp3) is 0.533. The number of hydrogen-bond acceptors (Lipinski definition) is 2. The Bertz CT molecular complexity index is 405. The van der Waals surface area contributed by atoms with E-state index in [0.29, 0.717) is 10.9 Å². The number of rotatable bonds is 3. The molecular formula is C15H23NOS. The summed E-state index contributed by atoms with van der Waals surface area (Å²) < 4.78 is 0. The summed E-state index contributed by atoms with van der Waals surface area (Å²) in [5.41, 5.74) is 1.63. The Labute approximate surface area is 115 Å². The number of likely N-dealkylation sites (N-methyl/N-ethyl adjacent to an activating group) is 1. The molecule has 1 aliphatic rings. The van der Waals surface area contributed by atoms with Crippen LogP contribution >= 0.6 is 12.2 Å². The molecule has 3 heteroatoms. The van der Waals surface area contributed by atoms with Gasteiger partial charge in [-0.3, -0.25) is 0 Å². The van der Waals surface area contributed by atoms with Gasteiger partial charge in [-0.15, -0.1) is 0 Å². The van der Waals surface area contributed by atoms with Gasteiger partial charge in [0.2, 0.25) is 0 Å². The van der Waals surface area contributed by atoms with Crippen LogP contribution in [0.1, 0.15) is 33.6 Å². The molecule has 0 saturated carbocycles. The summed E-state index contributed by atoms with van der Waals surface area (Å²) in [7, 11) is 1.74. The van der Waals surface area contributed by atoms with Gasteiger partial charge < -0.3 is 10.4 Å². The number of nitrogens with one attached hydrogen (secondary N) is 1. The molecule has 1 atom stereocenters. The minimum atomic E-state index is 0.198. The minimum absolute atomic E-state index is 0.198. The van der Waals surface area contributed by atoms with Crippen LogP contribution in [-0.2, 0) is 0 Å². The second-order valence-corrected chi connectivity index (χ2v) is 5.94. The summed E-state index contributed by atoms with van der Waals surface area (Å²) in [5, 5.41) is 12.6. The molecule has 1 rings (SSSR count). The van der Waals surface area contributed by atoms with Gasteiger partial charge in [0.1, 0.15) is 10.7 Å². The third-order valence-electron chi connectivity index (χ3n) is 3.57. The first-order valence-corrected chi connectivity index (χ1v) is 6.75. The van der Waals surface area contributed by atoms with Crippen LogP contribution in [0.25, 0.3) is 0 Å². The summed E-state index contributed by atoms with van der Waals surface area (Å²) in [4.78, 5) is 0.535. The maximum atomic E-state index is 9.77. The number of allylic oxidation sites excluding steroid dienone is 4. The van der Waals surface area contributed by atoms with E-state index in [1.165, 1.54) is 12.0 Å². The Hall–Kier alpha value is -1.09. The Morgan fingerprint density at radius 3 is 2.78 bits per heavy atom. The van der Waals surface area contributed by atoms with E-state index in [0.717, 1.165) is 6.42 Å². The SMILES string of the molecule is CNC(=S)/C=C(O)/C=C/C1C(C)=CCCC1(C)C. The Balaban J connectivity index is 2.82. The molecule has 1 unspecified atom stereocenters. The molecule has 0 fully saturated rings. The summed E-state index contributed by atoms with van der Waals surface area (Å²) in [6.07, 6.45) is 10.0. The average Bonchev–Trinajstić information content (AvgIpc) is 2.27. The van der Waals surface area contributed by atoms with Gasteiger partial charge in [-0.05, 0) is 31.3 Å². The first-order chi connectivity index (χ1) is 8.36. The molecule has 0 spiro atoms. The van der Waals surface area contributed by atoms with Crippen LogP contribution < -0.4 is 5.32 Å². The number of aliphatic hydroxyl groups excluding tert-OH is 1. The monoisotopic (exact) mass is 265 g/mol. The van der Waals surface area contributed by atoms with Crippen LogP contribution in [0, 0.1) is 11.3 Å². The highest BCUT2D eigenvalue weighted by Gasteiger charge is 2.30. The Morgan fingerprint density at radius 1 is 1.56 bits per heavy atom. The van der Waals surface area contributed by atoms with Crippen molar-refractivity contribution in [3.8, 4) is 0 Å². The zero-order chi connectivity index (χ0) is 13.8. The van der Waals surface area contributed by atoms with E-state index in [2.05, 4.69) is 38.2 Å². The molecule has 2 nitrogen and oxygen atoms in total. The molecule has 0 heterocycles. The normalized spacial score (nSPS) is 23.9. The molecule has 2 N–H and O–H groups in total. The van der Waals surface area contributed by atoms with Crippen molar-refractivity contribution in [3.05, 3.63) is 35.6 Å². The Morgan fingerprint density at radius 2 is 2.22 bits per heavy atom. The predicted octanol–water partition coefficient (Wildman–Crippen LogP) is 3.91. The van der Waals surface area contributed by atoms with Crippen LogP contribution in [-0.4, -0.2) is 17.1 Å². The van der Waals surface area contributed by atoms with E-state index in [-0.39, 0.29) is 11.2 Å². The van der Waals surface area contributed by atoms with Gasteiger partial charge in [0, 0.05) is 19.0 Å². The lowest BCUT2D eigenvalue weighted by molar-refractivity contribution is 0.255. The third kappa shape index (κ3) is 3.98. The largest absolute Gasteiger partial charge is 0.508 e. The quantitative estimate of drug-likeness (QED) is 0.267.